The van der Waals surface area contributed by atoms with Crippen LogP contribution in [0, 0.1) is 0 Å². The first kappa shape index (κ1) is 5.97. The van der Waals surface area contributed by atoms with Crippen LogP contribution in [0.25, 0.3) is 0 Å². The van der Waals surface area contributed by atoms with Crippen molar-refractivity contribution in [2.45, 2.75) is 18.2 Å². The third-order valence-corrected chi connectivity index (χ3v) is 1.23. The molecule has 0 saturated heterocycles. The summed E-state index contributed by atoms with van der Waals surface area (Å²) in [7, 11) is -1.84. The summed E-state index contributed by atoms with van der Waals surface area (Å²) in [4.78, 5) is 0. The molecule has 1 aliphatic carbocycles. The van der Waals surface area contributed by atoms with Crippen LogP contribution in [0.3, 0.4) is 0 Å². The standard InChI is InChI=1S/C3H5BF2O2/c5-3(6)1-2(3)4(7)8/h2,7-8H,1H2. The van der Waals surface area contributed by atoms with E-state index in [0.29, 0.717) is 0 Å². The lowest BCUT2D eigenvalue weighted by Gasteiger charge is -1.91. The van der Waals surface area contributed by atoms with Gasteiger partial charge >= 0.3 is 7.12 Å². The number of hydrogen-bond acceptors (Lipinski definition) is 2. The molecule has 2 N–H and O–H groups in total. The average molecular weight is 122 g/mol. The van der Waals surface area contributed by atoms with Crippen molar-refractivity contribution in [2.24, 2.45) is 0 Å². The van der Waals surface area contributed by atoms with Gasteiger partial charge in [-0.25, -0.2) is 8.78 Å². The van der Waals surface area contributed by atoms with Crippen LogP contribution in [0.15, 0.2) is 0 Å². The summed E-state index contributed by atoms with van der Waals surface area (Å²) >= 11 is 0. The molecule has 0 amide bonds. The summed E-state index contributed by atoms with van der Waals surface area (Å²) in [6, 6.07) is 0. The van der Waals surface area contributed by atoms with Crippen molar-refractivity contribution in [3.63, 3.8) is 0 Å². The van der Waals surface area contributed by atoms with Crippen LogP contribution in [-0.4, -0.2) is 23.1 Å². The van der Waals surface area contributed by atoms with E-state index in [1.807, 2.05) is 0 Å². The Balaban J connectivity index is 2.37. The Bertz CT molecular complexity index is 105. The minimum absolute atomic E-state index is 0.384. The molecule has 8 heavy (non-hydrogen) atoms. The quantitative estimate of drug-likeness (QED) is 0.475. The Morgan fingerprint density at radius 3 is 1.88 bits per heavy atom. The highest BCUT2D eigenvalue weighted by atomic mass is 19.3. The number of halogens is 2. The molecule has 0 bridgehead atoms. The zero-order valence-electron chi connectivity index (χ0n) is 4.01. The molecule has 46 valence electrons. The summed E-state index contributed by atoms with van der Waals surface area (Å²) in [6.45, 7) is 0. The fourth-order valence-electron chi connectivity index (χ4n) is 0.558. The van der Waals surface area contributed by atoms with Crippen molar-refractivity contribution in [1.29, 1.82) is 0 Å². The monoisotopic (exact) mass is 122 g/mol. The van der Waals surface area contributed by atoms with Gasteiger partial charge in [0, 0.05) is 6.42 Å². The second-order valence-electron chi connectivity index (χ2n) is 1.99. The van der Waals surface area contributed by atoms with Gasteiger partial charge in [0.15, 0.2) is 0 Å². The third-order valence-electron chi connectivity index (χ3n) is 1.23. The van der Waals surface area contributed by atoms with Crippen molar-refractivity contribution in [1.82, 2.24) is 0 Å². The lowest BCUT2D eigenvalue weighted by molar-refractivity contribution is 0.115. The maximum absolute atomic E-state index is 11.7. The predicted octanol–water partition coefficient (Wildman–Crippen LogP) is -0.132. The van der Waals surface area contributed by atoms with E-state index in [0.717, 1.165) is 0 Å². The van der Waals surface area contributed by atoms with E-state index in [4.69, 9.17) is 10.0 Å². The molecule has 1 atom stereocenters. The van der Waals surface area contributed by atoms with Crippen molar-refractivity contribution in [3.05, 3.63) is 0 Å². The molecule has 1 saturated carbocycles. The second kappa shape index (κ2) is 1.42. The third kappa shape index (κ3) is 0.832. The number of hydrogen-bond donors (Lipinski definition) is 2. The van der Waals surface area contributed by atoms with E-state index in [1.165, 1.54) is 0 Å². The molecule has 5 heteroatoms. The molecule has 0 aromatic carbocycles. The number of rotatable bonds is 1. The molecular weight excluding hydrogens is 117 g/mol. The molecule has 1 unspecified atom stereocenters. The van der Waals surface area contributed by atoms with Crippen LogP contribution < -0.4 is 0 Å². The Morgan fingerprint density at radius 1 is 1.50 bits per heavy atom. The molecule has 0 spiro atoms. The Hall–Kier alpha value is -0.155. The molecular formula is C3H5BF2O2. The van der Waals surface area contributed by atoms with Crippen LogP contribution >= 0.6 is 0 Å². The first-order valence-electron chi connectivity index (χ1n) is 2.28. The molecule has 1 fully saturated rings. The van der Waals surface area contributed by atoms with Gasteiger partial charge in [-0.15, -0.1) is 0 Å². The molecule has 1 aliphatic rings. The van der Waals surface area contributed by atoms with E-state index in [9.17, 15) is 8.78 Å². The maximum Gasteiger partial charge on any atom is 0.461 e. The summed E-state index contributed by atoms with van der Waals surface area (Å²) < 4.78 is 23.5. The SMILES string of the molecule is OB(O)C1CC1(F)F. The normalized spacial score (nSPS) is 32.2. The van der Waals surface area contributed by atoms with E-state index in [-0.39, 0.29) is 6.42 Å². The summed E-state index contributed by atoms with van der Waals surface area (Å²) in [5.74, 6) is -4.02. The van der Waals surface area contributed by atoms with Gasteiger partial charge in [-0.1, -0.05) is 0 Å². The largest absolute Gasteiger partial charge is 0.461 e. The maximum atomic E-state index is 11.7. The van der Waals surface area contributed by atoms with Crippen molar-refractivity contribution >= 4 is 7.12 Å². The Labute approximate surface area is 45.3 Å². The minimum atomic E-state index is -2.81. The summed E-state index contributed by atoms with van der Waals surface area (Å²) in [6.07, 6.45) is -0.384. The molecule has 0 heterocycles. The predicted molar refractivity (Wildman–Crippen MR) is 23.5 cm³/mol. The van der Waals surface area contributed by atoms with Gasteiger partial charge in [0.25, 0.3) is 0 Å². The van der Waals surface area contributed by atoms with Crippen molar-refractivity contribution in [3.8, 4) is 0 Å². The van der Waals surface area contributed by atoms with Gasteiger partial charge in [0.1, 0.15) is 0 Å². The fourth-order valence-corrected chi connectivity index (χ4v) is 0.558. The fraction of sp³-hybridized carbons (Fsp3) is 1.00. The topological polar surface area (TPSA) is 40.5 Å². The van der Waals surface area contributed by atoms with E-state index in [1.54, 1.807) is 0 Å². The van der Waals surface area contributed by atoms with Gasteiger partial charge in [-0.3, -0.25) is 0 Å². The van der Waals surface area contributed by atoms with E-state index >= 15 is 0 Å². The molecule has 0 aromatic rings. The van der Waals surface area contributed by atoms with E-state index in [2.05, 4.69) is 0 Å². The smallest absolute Gasteiger partial charge is 0.427 e. The van der Waals surface area contributed by atoms with Crippen molar-refractivity contribution < 1.29 is 18.8 Å². The van der Waals surface area contributed by atoms with Gasteiger partial charge in [-0.05, 0) is 0 Å². The number of alkyl halides is 2. The van der Waals surface area contributed by atoms with Gasteiger partial charge in [-0.2, -0.15) is 0 Å². The van der Waals surface area contributed by atoms with Crippen LogP contribution in [0.5, 0.6) is 0 Å². The first-order chi connectivity index (χ1) is 3.54. The Morgan fingerprint density at radius 2 is 1.88 bits per heavy atom. The Kier molecular flexibility index (Phi) is 1.06. The average Bonchev–Trinajstić information content (AvgIpc) is 2.13. The summed E-state index contributed by atoms with van der Waals surface area (Å²) in [5, 5.41) is 16.2. The van der Waals surface area contributed by atoms with Crippen LogP contribution in [0.2, 0.25) is 5.82 Å². The molecule has 2 nitrogen and oxygen atoms in total. The zero-order chi connectivity index (χ0) is 6.36. The molecule has 1 rings (SSSR count). The van der Waals surface area contributed by atoms with Crippen LogP contribution in [0.1, 0.15) is 6.42 Å². The highest BCUT2D eigenvalue weighted by molar-refractivity contribution is 6.45. The van der Waals surface area contributed by atoms with Gasteiger partial charge < -0.3 is 10.0 Å². The highest BCUT2D eigenvalue weighted by Gasteiger charge is 2.62. The zero-order valence-corrected chi connectivity index (χ0v) is 4.01. The van der Waals surface area contributed by atoms with E-state index < -0.39 is 18.9 Å². The molecule has 0 aliphatic heterocycles. The highest BCUT2D eigenvalue weighted by Crippen LogP contribution is 2.54. The van der Waals surface area contributed by atoms with Crippen LogP contribution in [-0.2, 0) is 0 Å². The first-order valence-corrected chi connectivity index (χ1v) is 2.28. The lowest BCUT2D eigenvalue weighted by Crippen LogP contribution is -2.14. The lowest BCUT2D eigenvalue weighted by atomic mass is 9.83. The second-order valence-corrected chi connectivity index (χ2v) is 1.99. The molecule has 0 radical (unpaired) electrons. The van der Waals surface area contributed by atoms with Crippen molar-refractivity contribution in [2.75, 3.05) is 0 Å². The van der Waals surface area contributed by atoms with Gasteiger partial charge in [0.2, 0.25) is 5.92 Å². The minimum Gasteiger partial charge on any atom is -0.427 e. The van der Waals surface area contributed by atoms with Gasteiger partial charge in [0.05, 0.1) is 5.82 Å². The van der Waals surface area contributed by atoms with Crippen LogP contribution in [0.4, 0.5) is 8.78 Å². The summed E-state index contributed by atoms with van der Waals surface area (Å²) in [5.41, 5.74) is 0. The molecule has 0 aromatic heterocycles.